The largest absolute Gasteiger partial charge is 0.351 e. The Balaban J connectivity index is 1.83. The van der Waals surface area contributed by atoms with Gasteiger partial charge in [0.2, 0.25) is 0 Å². The summed E-state index contributed by atoms with van der Waals surface area (Å²) >= 11 is 0. The summed E-state index contributed by atoms with van der Waals surface area (Å²) in [7, 11) is 0. The molecule has 1 aliphatic heterocycles. The first-order valence-corrected chi connectivity index (χ1v) is 7.41. The second-order valence-corrected chi connectivity index (χ2v) is 6.09. The van der Waals surface area contributed by atoms with Crippen molar-refractivity contribution < 1.29 is 13.6 Å². The molecule has 2 unspecified atom stereocenters. The highest BCUT2D eigenvalue weighted by atomic mass is 19.1. The van der Waals surface area contributed by atoms with Crippen LogP contribution in [0.5, 0.6) is 0 Å². The molecular formula is C16H22F2N2O. The third kappa shape index (κ3) is 4.49. The number of nitrogens with one attached hydrogen (secondary N) is 1. The monoisotopic (exact) mass is 296 g/mol. The number of hydrogen-bond donors (Lipinski definition) is 1. The van der Waals surface area contributed by atoms with E-state index in [0.29, 0.717) is 18.4 Å². The summed E-state index contributed by atoms with van der Waals surface area (Å²) in [4.78, 5) is 14.2. The van der Waals surface area contributed by atoms with Crippen molar-refractivity contribution in [1.29, 1.82) is 0 Å². The van der Waals surface area contributed by atoms with E-state index in [2.05, 4.69) is 24.1 Å². The highest BCUT2D eigenvalue weighted by Crippen LogP contribution is 2.20. The van der Waals surface area contributed by atoms with Gasteiger partial charge >= 0.3 is 0 Å². The quantitative estimate of drug-likeness (QED) is 0.926. The first-order chi connectivity index (χ1) is 9.95. The molecule has 116 valence electrons. The second-order valence-electron chi connectivity index (χ2n) is 6.09. The van der Waals surface area contributed by atoms with Gasteiger partial charge in [0.05, 0.1) is 5.56 Å². The Bertz CT molecular complexity index is 497. The van der Waals surface area contributed by atoms with Crippen LogP contribution in [0, 0.1) is 23.5 Å². The van der Waals surface area contributed by atoms with Gasteiger partial charge < -0.3 is 10.2 Å². The van der Waals surface area contributed by atoms with E-state index >= 15 is 0 Å². The molecule has 1 aromatic carbocycles. The van der Waals surface area contributed by atoms with Crippen molar-refractivity contribution >= 4 is 5.91 Å². The van der Waals surface area contributed by atoms with Gasteiger partial charge in [-0.1, -0.05) is 13.8 Å². The van der Waals surface area contributed by atoms with Crippen molar-refractivity contribution in [2.45, 2.75) is 20.3 Å². The first kappa shape index (κ1) is 15.9. The van der Waals surface area contributed by atoms with E-state index in [1.807, 2.05) is 0 Å². The van der Waals surface area contributed by atoms with E-state index in [9.17, 15) is 13.6 Å². The summed E-state index contributed by atoms with van der Waals surface area (Å²) in [6.07, 6.45) is 1.23. The average molecular weight is 296 g/mol. The molecule has 1 N–H and O–H groups in total. The van der Waals surface area contributed by atoms with Crippen LogP contribution in [-0.2, 0) is 0 Å². The van der Waals surface area contributed by atoms with Crippen molar-refractivity contribution in [2.75, 3.05) is 26.2 Å². The van der Waals surface area contributed by atoms with E-state index in [1.54, 1.807) is 0 Å². The molecule has 1 aromatic rings. The molecule has 1 heterocycles. The molecule has 2 atom stereocenters. The van der Waals surface area contributed by atoms with Crippen LogP contribution in [0.25, 0.3) is 0 Å². The summed E-state index contributed by atoms with van der Waals surface area (Å²) < 4.78 is 26.5. The van der Waals surface area contributed by atoms with Gasteiger partial charge in [-0.05, 0) is 36.5 Å². The minimum Gasteiger partial charge on any atom is -0.351 e. The lowest BCUT2D eigenvalue weighted by molar-refractivity contribution is 0.0932. The SMILES string of the molecule is CC1CC(C)CN(CCNC(=O)c2cc(F)ccc2F)C1. The van der Waals surface area contributed by atoms with Crippen molar-refractivity contribution in [2.24, 2.45) is 11.8 Å². The summed E-state index contributed by atoms with van der Waals surface area (Å²) in [5.74, 6) is -0.560. The highest BCUT2D eigenvalue weighted by Gasteiger charge is 2.21. The van der Waals surface area contributed by atoms with Crippen LogP contribution in [0.3, 0.4) is 0 Å². The van der Waals surface area contributed by atoms with E-state index in [0.717, 1.165) is 37.8 Å². The molecule has 21 heavy (non-hydrogen) atoms. The number of nitrogens with zero attached hydrogens (tertiary/aromatic N) is 1. The van der Waals surface area contributed by atoms with Gasteiger partial charge in [-0.25, -0.2) is 8.78 Å². The predicted octanol–water partition coefficient (Wildman–Crippen LogP) is 2.67. The molecule has 1 fully saturated rings. The van der Waals surface area contributed by atoms with Crippen LogP contribution in [-0.4, -0.2) is 37.0 Å². The molecule has 0 radical (unpaired) electrons. The molecule has 0 bridgehead atoms. The average Bonchev–Trinajstić information content (AvgIpc) is 2.40. The van der Waals surface area contributed by atoms with Gasteiger partial charge in [0, 0.05) is 26.2 Å². The number of amides is 1. The van der Waals surface area contributed by atoms with Crippen molar-refractivity contribution in [3.05, 3.63) is 35.4 Å². The minimum absolute atomic E-state index is 0.240. The molecule has 0 spiro atoms. The lowest BCUT2D eigenvalue weighted by Gasteiger charge is -2.34. The number of carbonyl (C=O) groups is 1. The molecule has 3 nitrogen and oxygen atoms in total. The fourth-order valence-corrected chi connectivity index (χ4v) is 3.07. The fourth-order valence-electron chi connectivity index (χ4n) is 3.07. The molecule has 0 saturated carbocycles. The van der Waals surface area contributed by atoms with E-state index in [-0.39, 0.29) is 5.56 Å². The smallest absolute Gasteiger partial charge is 0.254 e. The second kappa shape index (κ2) is 6.98. The van der Waals surface area contributed by atoms with Crippen molar-refractivity contribution in [3.8, 4) is 0 Å². The molecule has 1 amide bonds. The van der Waals surface area contributed by atoms with Gasteiger partial charge in [-0.15, -0.1) is 0 Å². The lowest BCUT2D eigenvalue weighted by Crippen LogP contribution is -2.43. The number of benzene rings is 1. The standard InChI is InChI=1S/C16H22F2N2O/c1-11-7-12(2)10-20(9-11)6-5-19-16(21)14-8-13(17)3-4-15(14)18/h3-4,8,11-12H,5-7,9-10H2,1-2H3,(H,19,21). The lowest BCUT2D eigenvalue weighted by atomic mass is 9.92. The summed E-state index contributed by atoms with van der Waals surface area (Å²) in [5, 5.41) is 2.66. The number of hydrogen-bond acceptors (Lipinski definition) is 2. The molecule has 2 rings (SSSR count). The third-order valence-electron chi connectivity index (χ3n) is 3.83. The topological polar surface area (TPSA) is 32.3 Å². The van der Waals surface area contributed by atoms with Crippen molar-refractivity contribution in [3.63, 3.8) is 0 Å². The van der Waals surface area contributed by atoms with Crippen LogP contribution >= 0.6 is 0 Å². The zero-order valence-electron chi connectivity index (χ0n) is 12.5. The Morgan fingerprint density at radius 1 is 1.29 bits per heavy atom. The fraction of sp³-hybridized carbons (Fsp3) is 0.562. The Morgan fingerprint density at radius 2 is 1.95 bits per heavy atom. The Kier molecular flexibility index (Phi) is 5.28. The first-order valence-electron chi connectivity index (χ1n) is 7.41. The van der Waals surface area contributed by atoms with E-state index in [1.165, 1.54) is 6.42 Å². The molecule has 1 saturated heterocycles. The van der Waals surface area contributed by atoms with Gasteiger partial charge in [-0.3, -0.25) is 4.79 Å². The number of halogens is 2. The summed E-state index contributed by atoms with van der Waals surface area (Å²) in [5.41, 5.74) is -0.240. The molecular weight excluding hydrogens is 274 g/mol. The Labute approximate surface area is 124 Å². The van der Waals surface area contributed by atoms with Crippen LogP contribution in [0.1, 0.15) is 30.6 Å². The Morgan fingerprint density at radius 3 is 2.62 bits per heavy atom. The van der Waals surface area contributed by atoms with Gasteiger partial charge in [0.1, 0.15) is 11.6 Å². The summed E-state index contributed by atoms with van der Waals surface area (Å²) in [6, 6.07) is 2.90. The minimum atomic E-state index is -0.700. The number of carbonyl (C=O) groups excluding carboxylic acids is 1. The predicted molar refractivity (Wildman–Crippen MR) is 78.1 cm³/mol. The summed E-state index contributed by atoms with van der Waals surface area (Å²) in [6.45, 7) is 7.67. The van der Waals surface area contributed by atoms with Crippen LogP contribution in [0.4, 0.5) is 8.78 Å². The normalized spacial score (nSPS) is 23.0. The zero-order chi connectivity index (χ0) is 15.4. The molecule has 1 aliphatic rings. The van der Waals surface area contributed by atoms with Gasteiger partial charge in [0.15, 0.2) is 0 Å². The number of piperidine rings is 1. The maximum Gasteiger partial charge on any atom is 0.254 e. The molecule has 0 aliphatic carbocycles. The van der Waals surface area contributed by atoms with E-state index in [4.69, 9.17) is 0 Å². The maximum atomic E-state index is 13.5. The Hall–Kier alpha value is -1.49. The van der Waals surface area contributed by atoms with Crippen molar-refractivity contribution in [1.82, 2.24) is 10.2 Å². The maximum absolute atomic E-state index is 13.5. The van der Waals surface area contributed by atoms with Crippen LogP contribution in [0.15, 0.2) is 18.2 Å². The number of rotatable bonds is 4. The van der Waals surface area contributed by atoms with E-state index < -0.39 is 17.5 Å². The van der Waals surface area contributed by atoms with Crippen LogP contribution < -0.4 is 5.32 Å². The third-order valence-corrected chi connectivity index (χ3v) is 3.83. The number of likely N-dealkylation sites (tertiary alicyclic amines) is 1. The molecule has 5 heteroatoms. The molecule has 0 aromatic heterocycles. The zero-order valence-corrected chi connectivity index (χ0v) is 12.5. The van der Waals surface area contributed by atoms with Crippen LogP contribution in [0.2, 0.25) is 0 Å². The highest BCUT2D eigenvalue weighted by molar-refractivity contribution is 5.94. The van der Waals surface area contributed by atoms with Gasteiger partial charge in [0.25, 0.3) is 5.91 Å². The van der Waals surface area contributed by atoms with Gasteiger partial charge in [-0.2, -0.15) is 0 Å².